The van der Waals surface area contributed by atoms with Gasteiger partial charge in [-0.3, -0.25) is 14.8 Å². The van der Waals surface area contributed by atoms with E-state index in [0.29, 0.717) is 35.3 Å². The monoisotopic (exact) mass is 363 g/mol. The molecule has 4 heterocycles. The maximum atomic E-state index is 12.8. The van der Waals surface area contributed by atoms with E-state index in [2.05, 4.69) is 25.5 Å². The summed E-state index contributed by atoms with van der Waals surface area (Å²) in [6.45, 7) is 2.39. The Morgan fingerprint density at radius 1 is 1.33 bits per heavy atom. The number of carbonyl (C=O) groups excluding carboxylic acids is 1. The first-order valence-electron chi connectivity index (χ1n) is 8.27. The Kier molecular flexibility index (Phi) is 4.25. The molecule has 2 aromatic rings. The number of carbonyl (C=O) groups is 1. The maximum absolute atomic E-state index is 12.8. The number of aliphatic imine (C=N–C) groups is 1. The Bertz CT molecular complexity index is 999. The quantitative estimate of drug-likeness (QED) is 0.891. The minimum Gasteiger partial charge on any atom is -0.480 e. The van der Waals surface area contributed by atoms with Gasteiger partial charge in [0.1, 0.15) is 5.82 Å². The first-order valence-corrected chi connectivity index (χ1v) is 8.27. The van der Waals surface area contributed by atoms with E-state index in [1.807, 2.05) is 19.1 Å². The lowest BCUT2D eigenvalue weighted by Crippen LogP contribution is -2.26. The summed E-state index contributed by atoms with van der Waals surface area (Å²) in [5.41, 5.74) is 2.06. The fourth-order valence-corrected chi connectivity index (χ4v) is 2.64. The molecule has 0 saturated heterocycles. The molecule has 0 unspecified atom stereocenters. The van der Waals surface area contributed by atoms with Crippen molar-refractivity contribution in [3.8, 4) is 11.7 Å². The zero-order valence-electron chi connectivity index (χ0n) is 14.8. The number of pyridine rings is 1. The van der Waals surface area contributed by atoms with Crippen molar-refractivity contribution in [2.75, 3.05) is 19.0 Å². The molecule has 4 rings (SSSR count). The molecule has 136 valence electrons. The predicted molar refractivity (Wildman–Crippen MR) is 101 cm³/mol. The highest BCUT2D eigenvalue weighted by atomic mass is 16.5. The number of aromatic nitrogens is 3. The molecule has 0 aromatic carbocycles. The van der Waals surface area contributed by atoms with Crippen LogP contribution in [0.25, 0.3) is 5.82 Å². The summed E-state index contributed by atoms with van der Waals surface area (Å²) in [5.74, 6) is 1.04. The van der Waals surface area contributed by atoms with Crippen LogP contribution in [-0.4, -0.2) is 51.8 Å². The molecule has 0 aliphatic carbocycles. The van der Waals surface area contributed by atoms with Crippen molar-refractivity contribution in [1.29, 1.82) is 0 Å². The minimum absolute atomic E-state index is 0.330. The highest BCUT2D eigenvalue weighted by molar-refractivity contribution is 6.18. The van der Waals surface area contributed by atoms with Gasteiger partial charge in [-0.1, -0.05) is 6.07 Å². The van der Waals surface area contributed by atoms with Crippen molar-refractivity contribution >= 4 is 24.2 Å². The number of allylic oxidation sites excluding steroid dienone is 1. The molecule has 2 aliphatic rings. The SMILES string of the molecule is COc1cc(NC(=O)C2=C3CN(C=CC=N3)N=C2)n(-c2ccc(C)cn2)n1. The molecular formula is C18H17N7O2. The normalized spacial score (nSPS) is 15.1. The maximum Gasteiger partial charge on any atom is 0.260 e. The molecule has 2 aliphatic heterocycles. The van der Waals surface area contributed by atoms with Crippen molar-refractivity contribution in [2.45, 2.75) is 6.92 Å². The van der Waals surface area contributed by atoms with E-state index in [-0.39, 0.29) is 5.91 Å². The zero-order chi connectivity index (χ0) is 18.8. The van der Waals surface area contributed by atoms with E-state index in [0.717, 1.165) is 5.56 Å². The highest BCUT2D eigenvalue weighted by Gasteiger charge is 2.22. The highest BCUT2D eigenvalue weighted by Crippen LogP contribution is 2.22. The van der Waals surface area contributed by atoms with E-state index in [1.165, 1.54) is 18.0 Å². The van der Waals surface area contributed by atoms with Gasteiger partial charge in [0.05, 0.1) is 31.1 Å². The molecule has 0 atom stereocenters. The van der Waals surface area contributed by atoms with Gasteiger partial charge >= 0.3 is 0 Å². The number of hydrazone groups is 1. The third-order valence-electron chi connectivity index (χ3n) is 4.03. The number of hydrogen-bond acceptors (Lipinski definition) is 7. The number of hydrogen-bond donors (Lipinski definition) is 1. The van der Waals surface area contributed by atoms with Gasteiger partial charge < -0.3 is 10.1 Å². The van der Waals surface area contributed by atoms with Gasteiger partial charge in [0.25, 0.3) is 5.91 Å². The first kappa shape index (κ1) is 16.7. The van der Waals surface area contributed by atoms with Crippen LogP contribution in [0.5, 0.6) is 5.88 Å². The molecule has 9 nitrogen and oxygen atoms in total. The second-order valence-electron chi connectivity index (χ2n) is 5.95. The van der Waals surface area contributed by atoms with Crippen LogP contribution in [0.4, 0.5) is 5.82 Å². The molecule has 1 N–H and O–H groups in total. The molecule has 9 heteroatoms. The molecular weight excluding hydrogens is 346 g/mol. The molecule has 0 spiro atoms. The lowest BCUT2D eigenvalue weighted by Gasteiger charge is -2.19. The molecule has 1 amide bonds. The summed E-state index contributed by atoms with van der Waals surface area (Å²) in [4.78, 5) is 21.5. The van der Waals surface area contributed by atoms with Crippen LogP contribution in [0.1, 0.15) is 5.56 Å². The Balaban J connectivity index is 1.65. The van der Waals surface area contributed by atoms with Crippen molar-refractivity contribution < 1.29 is 9.53 Å². The van der Waals surface area contributed by atoms with Crippen LogP contribution in [0.3, 0.4) is 0 Å². The van der Waals surface area contributed by atoms with Crippen molar-refractivity contribution in [1.82, 2.24) is 19.8 Å². The number of methoxy groups -OCH3 is 1. The van der Waals surface area contributed by atoms with Gasteiger partial charge in [-0.25, -0.2) is 4.98 Å². The topological polar surface area (TPSA) is 97.0 Å². The molecule has 2 aromatic heterocycles. The standard InChI is InChI=1S/C18H17N7O2/c1-12-4-5-15(20-9-12)25-16(8-17(23-25)27-2)22-18(26)13-10-21-24-7-3-6-19-14(13)11-24/h3-10H,11H2,1-2H3,(H,22,26). The number of nitrogens with one attached hydrogen (secondary N) is 1. The number of nitrogens with zero attached hydrogens (tertiary/aromatic N) is 6. The molecule has 27 heavy (non-hydrogen) atoms. The van der Waals surface area contributed by atoms with Gasteiger partial charge in [0.15, 0.2) is 5.82 Å². The number of fused-ring (bicyclic) bond motifs is 2. The van der Waals surface area contributed by atoms with Gasteiger partial charge in [-0.15, -0.1) is 5.10 Å². The van der Waals surface area contributed by atoms with E-state index >= 15 is 0 Å². The van der Waals surface area contributed by atoms with Crippen LogP contribution >= 0.6 is 0 Å². The lowest BCUT2D eigenvalue weighted by atomic mass is 10.2. The van der Waals surface area contributed by atoms with Crippen LogP contribution in [0, 0.1) is 6.92 Å². The molecule has 0 radical (unpaired) electrons. The third-order valence-corrected chi connectivity index (χ3v) is 4.03. The summed E-state index contributed by atoms with van der Waals surface area (Å²) < 4.78 is 6.72. The Labute approximate surface area is 155 Å². The number of ether oxygens (including phenoxy) is 1. The Morgan fingerprint density at radius 3 is 3.00 bits per heavy atom. The summed E-state index contributed by atoms with van der Waals surface area (Å²) >= 11 is 0. The van der Waals surface area contributed by atoms with Crippen molar-refractivity contribution in [2.24, 2.45) is 10.1 Å². The van der Waals surface area contributed by atoms with Gasteiger partial charge in [-0.05, 0) is 24.6 Å². The molecule has 0 fully saturated rings. The summed E-state index contributed by atoms with van der Waals surface area (Å²) in [6, 6.07) is 5.37. The van der Waals surface area contributed by atoms with E-state index in [1.54, 1.807) is 35.8 Å². The first-order chi connectivity index (χ1) is 13.1. The van der Waals surface area contributed by atoms with E-state index in [9.17, 15) is 4.79 Å². The fraction of sp³-hybridized carbons (Fsp3) is 0.167. The van der Waals surface area contributed by atoms with E-state index < -0.39 is 0 Å². The van der Waals surface area contributed by atoms with Crippen LogP contribution in [-0.2, 0) is 4.79 Å². The molecule has 2 bridgehead atoms. The smallest absolute Gasteiger partial charge is 0.260 e. The van der Waals surface area contributed by atoms with Gasteiger partial charge in [0.2, 0.25) is 5.88 Å². The Morgan fingerprint density at radius 2 is 2.22 bits per heavy atom. The lowest BCUT2D eigenvalue weighted by molar-refractivity contribution is -0.112. The second-order valence-corrected chi connectivity index (χ2v) is 5.95. The van der Waals surface area contributed by atoms with Crippen LogP contribution in [0.15, 0.2) is 58.0 Å². The fourth-order valence-electron chi connectivity index (χ4n) is 2.64. The largest absolute Gasteiger partial charge is 0.480 e. The number of rotatable bonds is 4. The van der Waals surface area contributed by atoms with Crippen LogP contribution < -0.4 is 10.1 Å². The summed E-state index contributed by atoms with van der Waals surface area (Å²) in [7, 11) is 1.51. The Hall–Kier alpha value is -3.75. The zero-order valence-corrected chi connectivity index (χ0v) is 14.8. The summed E-state index contributed by atoms with van der Waals surface area (Å²) in [6.07, 6.45) is 8.44. The summed E-state index contributed by atoms with van der Waals surface area (Å²) in [5, 5.41) is 13.1. The number of amides is 1. The van der Waals surface area contributed by atoms with Crippen molar-refractivity contribution in [3.05, 3.63) is 53.5 Å². The average Bonchev–Trinajstić information content (AvgIpc) is 2.99. The number of anilines is 1. The van der Waals surface area contributed by atoms with Crippen LogP contribution in [0.2, 0.25) is 0 Å². The molecule has 0 saturated carbocycles. The van der Waals surface area contributed by atoms with Gasteiger partial charge in [-0.2, -0.15) is 9.78 Å². The van der Waals surface area contributed by atoms with E-state index in [4.69, 9.17) is 4.74 Å². The average molecular weight is 363 g/mol. The second kappa shape index (κ2) is 6.87. The predicted octanol–water partition coefficient (Wildman–Crippen LogP) is 1.68. The van der Waals surface area contributed by atoms with Crippen molar-refractivity contribution in [3.63, 3.8) is 0 Å². The number of aryl methyl sites for hydroxylation is 1. The third kappa shape index (κ3) is 3.34. The van der Waals surface area contributed by atoms with Gasteiger partial charge in [0, 0.05) is 24.7 Å². The minimum atomic E-state index is -0.330.